The van der Waals surface area contributed by atoms with Crippen molar-refractivity contribution in [1.29, 1.82) is 0 Å². The Hall–Kier alpha value is -0.980. The highest BCUT2D eigenvalue weighted by atomic mass is 16.5. The third-order valence-electron chi connectivity index (χ3n) is 1.71. The van der Waals surface area contributed by atoms with Gasteiger partial charge in [-0.05, 0) is 31.0 Å². The van der Waals surface area contributed by atoms with Gasteiger partial charge in [-0.15, -0.1) is 0 Å². The molecule has 1 radical (unpaired) electrons. The Bertz CT molecular complexity index is 228. The summed E-state index contributed by atoms with van der Waals surface area (Å²) in [4.78, 5) is 0. The third kappa shape index (κ3) is 1.13. The molecule has 1 aromatic carbocycles. The molecule has 53 valence electrons. The molecule has 1 heteroatoms. The molecule has 0 heterocycles. The van der Waals surface area contributed by atoms with Crippen LogP contribution in [0, 0.1) is 21.0 Å². The lowest BCUT2D eigenvalue weighted by atomic mass is 10.1. The molecule has 0 N–H and O–H groups in total. The fraction of sp³-hybridized carbons (Fsp3) is 0.222. The van der Waals surface area contributed by atoms with Gasteiger partial charge in [-0.25, -0.2) is 0 Å². The first-order valence-electron chi connectivity index (χ1n) is 3.24. The van der Waals surface area contributed by atoms with E-state index in [0.29, 0.717) is 0 Å². The summed E-state index contributed by atoms with van der Waals surface area (Å²) in [5.41, 5.74) is 2.40. The Kier molecular flexibility index (Phi) is 1.95. The van der Waals surface area contributed by atoms with Crippen LogP contribution in [0.5, 0.6) is 5.75 Å². The average Bonchev–Trinajstić information content (AvgIpc) is 1.95. The van der Waals surface area contributed by atoms with Gasteiger partial charge in [0.1, 0.15) is 12.9 Å². The van der Waals surface area contributed by atoms with Gasteiger partial charge in [0, 0.05) is 0 Å². The summed E-state index contributed by atoms with van der Waals surface area (Å²) in [5, 5.41) is 0. The van der Waals surface area contributed by atoms with Crippen LogP contribution in [-0.4, -0.2) is 0 Å². The number of rotatable bonds is 1. The van der Waals surface area contributed by atoms with E-state index < -0.39 is 0 Å². The molecule has 0 unspecified atom stereocenters. The maximum atomic E-state index is 4.88. The smallest absolute Gasteiger partial charge is 0.122 e. The van der Waals surface area contributed by atoms with E-state index in [9.17, 15) is 0 Å². The molecule has 0 aliphatic carbocycles. The SMILES string of the molecule is [CH2]Oc1cccc(C)c1C. The zero-order chi connectivity index (χ0) is 7.56. The van der Waals surface area contributed by atoms with Gasteiger partial charge in [0.2, 0.25) is 0 Å². The molecular weight excluding hydrogens is 124 g/mol. The van der Waals surface area contributed by atoms with Crippen molar-refractivity contribution >= 4 is 0 Å². The molecule has 1 aromatic rings. The summed E-state index contributed by atoms with van der Waals surface area (Å²) < 4.78 is 4.88. The zero-order valence-electron chi connectivity index (χ0n) is 6.35. The molecule has 10 heavy (non-hydrogen) atoms. The summed E-state index contributed by atoms with van der Waals surface area (Å²) in [6.45, 7) is 4.08. The van der Waals surface area contributed by atoms with E-state index in [-0.39, 0.29) is 0 Å². The molecule has 0 spiro atoms. The maximum Gasteiger partial charge on any atom is 0.122 e. The quantitative estimate of drug-likeness (QED) is 0.574. The van der Waals surface area contributed by atoms with Crippen LogP contribution in [0.25, 0.3) is 0 Å². The number of benzene rings is 1. The molecule has 0 saturated carbocycles. The summed E-state index contributed by atoms with van der Waals surface area (Å²) in [7, 11) is 3.36. The van der Waals surface area contributed by atoms with E-state index in [4.69, 9.17) is 4.74 Å². The second-order valence-corrected chi connectivity index (χ2v) is 2.34. The maximum absolute atomic E-state index is 4.88. The Morgan fingerprint density at radius 3 is 2.50 bits per heavy atom. The van der Waals surface area contributed by atoms with Crippen LogP contribution >= 0.6 is 0 Å². The van der Waals surface area contributed by atoms with Gasteiger partial charge in [0.25, 0.3) is 0 Å². The Morgan fingerprint density at radius 2 is 2.00 bits per heavy atom. The molecular formula is C9H11O. The predicted molar refractivity (Wildman–Crippen MR) is 41.9 cm³/mol. The van der Waals surface area contributed by atoms with Crippen LogP contribution in [-0.2, 0) is 0 Å². The van der Waals surface area contributed by atoms with Crippen LogP contribution in [0.1, 0.15) is 11.1 Å². The van der Waals surface area contributed by atoms with Crippen LogP contribution in [0.15, 0.2) is 18.2 Å². The predicted octanol–water partition coefficient (Wildman–Crippen LogP) is 2.47. The molecule has 0 aliphatic rings. The number of hydrogen-bond donors (Lipinski definition) is 0. The lowest BCUT2D eigenvalue weighted by molar-refractivity contribution is 0.469. The molecule has 0 atom stereocenters. The fourth-order valence-electron chi connectivity index (χ4n) is 0.881. The van der Waals surface area contributed by atoms with E-state index in [1.807, 2.05) is 19.1 Å². The minimum atomic E-state index is 0.861. The molecule has 0 amide bonds. The van der Waals surface area contributed by atoms with Gasteiger partial charge in [0.05, 0.1) is 0 Å². The van der Waals surface area contributed by atoms with E-state index in [1.54, 1.807) is 0 Å². The molecule has 0 fully saturated rings. The van der Waals surface area contributed by atoms with Gasteiger partial charge in [-0.1, -0.05) is 12.1 Å². The summed E-state index contributed by atoms with van der Waals surface area (Å²) in [5.74, 6) is 0.861. The number of ether oxygens (including phenoxy) is 1. The molecule has 1 nitrogen and oxygen atoms in total. The monoisotopic (exact) mass is 135 g/mol. The zero-order valence-corrected chi connectivity index (χ0v) is 6.35. The van der Waals surface area contributed by atoms with E-state index in [1.165, 1.54) is 5.56 Å². The van der Waals surface area contributed by atoms with Gasteiger partial charge >= 0.3 is 0 Å². The first-order valence-corrected chi connectivity index (χ1v) is 3.24. The molecule has 0 aliphatic heterocycles. The van der Waals surface area contributed by atoms with Gasteiger partial charge in [-0.2, -0.15) is 0 Å². The van der Waals surface area contributed by atoms with Crippen molar-refractivity contribution < 1.29 is 4.74 Å². The van der Waals surface area contributed by atoms with E-state index >= 15 is 0 Å². The largest absolute Gasteiger partial charge is 0.490 e. The van der Waals surface area contributed by atoms with Crippen molar-refractivity contribution in [2.45, 2.75) is 13.8 Å². The lowest BCUT2D eigenvalue weighted by Gasteiger charge is -2.04. The van der Waals surface area contributed by atoms with Crippen LogP contribution in [0.2, 0.25) is 0 Å². The first kappa shape index (κ1) is 7.13. The van der Waals surface area contributed by atoms with Crippen molar-refractivity contribution in [3.8, 4) is 5.75 Å². The third-order valence-corrected chi connectivity index (χ3v) is 1.71. The minimum Gasteiger partial charge on any atom is -0.490 e. The topological polar surface area (TPSA) is 9.23 Å². The number of aryl methyl sites for hydroxylation is 1. The average molecular weight is 135 g/mol. The second-order valence-electron chi connectivity index (χ2n) is 2.34. The van der Waals surface area contributed by atoms with Crippen molar-refractivity contribution in [3.05, 3.63) is 36.4 Å². The van der Waals surface area contributed by atoms with Crippen LogP contribution < -0.4 is 4.74 Å². The summed E-state index contributed by atoms with van der Waals surface area (Å²) in [6.07, 6.45) is 0. The number of hydrogen-bond acceptors (Lipinski definition) is 1. The van der Waals surface area contributed by atoms with Crippen molar-refractivity contribution in [1.82, 2.24) is 0 Å². The second kappa shape index (κ2) is 2.74. The highest BCUT2D eigenvalue weighted by Crippen LogP contribution is 2.19. The first-order chi connectivity index (χ1) is 4.75. The van der Waals surface area contributed by atoms with Crippen molar-refractivity contribution in [3.63, 3.8) is 0 Å². The fourth-order valence-corrected chi connectivity index (χ4v) is 0.881. The molecule has 0 bridgehead atoms. The van der Waals surface area contributed by atoms with Gasteiger partial charge < -0.3 is 4.74 Å². The van der Waals surface area contributed by atoms with E-state index in [0.717, 1.165) is 11.3 Å². The normalized spacial score (nSPS) is 9.50. The highest BCUT2D eigenvalue weighted by molar-refractivity contribution is 5.38. The van der Waals surface area contributed by atoms with Gasteiger partial charge in [0.15, 0.2) is 0 Å². The van der Waals surface area contributed by atoms with Crippen LogP contribution in [0.4, 0.5) is 0 Å². The molecule has 0 saturated heterocycles. The summed E-state index contributed by atoms with van der Waals surface area (Å²) in [6, 6.07) is 5.93. The Labute approximate surface area is 61.6 Å². The highest BCUT2D eigenvalue weighted by Gasteiger charge is 1.97. The van der Waals surface area contributed by atoms with E-state index in [2.05, 4.69) is 20.1 Å². The lowest BCUT2D eigenvalue weighted by Crippen LogP contribution is -1.86. The summed E-state index contributed by atoms with van der Waals surface area (Å²) >= 11 is 0. The Balaban J connectivity index is 3.14. The molecule has 1 rings (SSSR count). The van der Waals surface area contributed by atoms with Crippen molar-refractivity contribution in [2.75, 3.05) is 0 Å². The Morgan fingerprint density at radius 1 is 1.30 bits per heavy atom. The molecule has 0 aromatic heterocycles. The standard InChI is InChI=1S/C9H11O/c1-7-5-4-6-9(10-3)8(7)2/h4-6H,3H2,1-2H3. The van der Waals surface area contributed by atoms with Crippen molar-refractivity contribution in [2.24, 2.45) is 0 Å². The van der Waals surface area contributed by atoms with Gasteiger partial charge in [-0.3, -0.25) is 0 Å². The minimum absolute atomic E-state index is 0.861. The van der Waals surface area contributed by atoms with Crippen LogP contribution in [0.3, 0.4) is 0 Å².